The van der Waals surface area contributed by atoms with Gasteiger partial charge in [-0.15, -0.1) is 0 Å². The molecule has 0 unspecified atom stereocenters. The van der Waals surface area contributed by atoms with E-state index in [2.05, 4.69) is 10.2 Å². The van der Waals surface area contributed by atoms with Crippen LogP contribution in [0.1, 0.15) is 62.8 Å². The van der Waals surface area contributed by atoms with Crippen molar-refractivity contribution in [2.75, 3.05) is 0 Å². The summed E-state index contributed by atoms with van der Waals surface area (Å²) in [5, 5.41) is 26.6. The van der Waals surface area contributed by atoms with Gasteiger partial charge in [0.2, 0.25) is 11.5 Å². The molecule has 0 spiro atoms. The highest BCUT2D eigenvalue weighted by Crippen LogP contribution is 2.18. The second kappa shape index (κ2) is 11.5. The zero-order valence-electron chi connectivity index (χ0n) is 21.4. The summed E-state index contributed by atoms with van der Waals surface area (Å²) in [4.78, 5) is 73.6. The van der Waals surface area contributed by atoms with E-state index in [0.717, 1.165) is 33.9 Å². The van der Waals surface area contributed by atoms with Crippen molar-refractivity contribution in [2.45, 2.75) is 0 Å². The standard InChI is InChI=1S/C28H16N4O11/c33-23(34)21-17(13-31(29-21)15-7-3-1-4-8-15)25(37)42-27(39)19-11-12-20(41-19)28(40)43-26(38)18-14-32(30-22(18)24(35)36)16-9-5-2-6-10-16/h1-14H,(H,33,34)(H,35,36). The summed E-state index contributed by atoms with van der Waals surface area (Å²) >= 11 is 0. The Labute approximate surface area is 239 Å². The Morgan fingerprint density at radius 1 is 0.558 bits per heavy atom. The first-order chi connectivity index (χ1) is 20.6. The van der Waals surface area contributed by atoms with E-state index in [1.165, 1.54) is 0 Å². The fourth-order valence-electron chi connectivity index (χ4n) is 3.72. The number of aromatic carboxylic acids is 2. The molecular weight excluding hydrogens is 568 g/mol. The maximum atomic E-state index is 12.6. The first kappa shape index (κ1) is 27.9. The molecule has 43 heavy (non-hydrogen) atoms. The molecule has 0 amide bonds. The molecule has 15 heteroatoms. The average molecular weight is 584 g/mol. The van der Waals surface area contributed by atoms with Gasteiger partial charge in [0.05, 0.1) is 11.4 Å². The lowest BCUT2D eigenvalue weighted by atomic mass is 10.2. The Balaban J connectivity index is 1.29. The van der Waals surface area contributed by atoms with E-state index in [1.54, 1.807) is 60.7 Å². The molecule has 0 atom stereocenters. The fraction of sp³-hybridized carbons (Fsp3) is 0. The summed E-state index contributed by atoms with van der Waals surface area (Å²) in [6, 6.07) is 18.4. The molecule has 0 radical (unpaired) electrons. The molecular formula is C28H16N4O11. The van der Waals surface area contributed by atoms with Gasteiger partial charge in [0.25, 0.3) is 0 Å². The van der Waals surface area contributed by atoms with Crippen molar-refractivity contribution < 1.29 is 52.9 Å². The number of nitrogens with zero attached hydrogens (tertiary/aromatic N) is 4. The second-order valence-corrected chi connectivity index (χ2v) is 8.47. The highest BCUT2D eigenvalue weighted by atomic mass is 16.6. The molecule has 0 bridgehead atoms. The van der Waals surface area contributed by atoms with Crippen molar-refractivity contribution in [1.29, 1.82) is 0 Å². The molecule has 15 nitrogen and oxygen atoms in total. The summed E-state index contributed by atoms with van der Waals surface area (Å²) in [6.45, 7) is 0. The summed E-state index contributed by atoms with van der Waals surface area (Å²) in [7, 11) is 0. The molecule has 0 fully saturated rings. The molecule has 0 aliphatic carbocycles. The minimum atomic E-state index is -1.55. The van der Waals surface area contributed by atoms with Crippen LogP contribution < -0.4 is 0 Å². The van der Waals surface area contributed by atoms with Crippen LogP contribution in [0.4, 0.5) is 0 Å². The number of hydrogen-bond donors (Lipinski definition) is 2. The Kier molecular flexibility index (Phi) is 7.44. The van der Waals surface area contributed by atoms with Crippen molar-refractivity contribution in [3.05, 3.63) is 119 Å². The summed E-state index contributed by atoms with van der Waals surface area (Å²) in [6.07, 6.45) is 2.13. The summed E-state index contributed by atoms with van der Waals surface area (Å²) in [5.41, 5.74) is -1.57. The Hall–Kier alpha value is -6.64. The number of carboxylic acid groups (broad SMARTS) is 2. The molecule has 2 aromatic carbocycles. The number of rotatable bonds is 8. The predicted octanol–water partition coefficient (Wildman–Crippen LogP) is 3.04. The molecule has 0 aliphatic rings. The molecule has 3 heterocycles. The van der Waals surface area contributed by atoms with Gasteiger partial charge in [0.1, 0.15) is 11.1 Å². The normalized spacial score (nSPS) is 10.6. The minimum Gasteiger partial charge on any atom is -0.476 e. The molecule has 3 aromatic heterocycles. The number of furan rings is 1. The molecule has 214 valence electrons. The van der Waals surface area contributed by atoms with Gasteiger partial charge in [-0.25, -0.2) is 38.1 Å². The third-order valence-electron chi connectivity index (χ3n) is 5.69. The number of esters is 4. The van der Waals surface area contributed by atoms with Gasteiger partial charge in [-0.1, -0.05) is 36.4 Å². The van der Waals surface area contributed by atoms with Gasteiger partial charge in [0.15, 0.2) is 11.4 Å². The van der Waals surface area contributed by atoms with Crippen LogP contribution >= 0.6 is 0 Å². The van der Waals surface area contributed by atoms with Gasteiger partial charge >= 0.3 is 35.8 Å². The van der Waals surface area contributed by atoms with E-state index < -0.39 is 69.9 Å². The quantitative estimate of drug-likeness (QED) is 0.199. The lowest BCUT2D eigenvalue weighted by molar-refractivity contribution is 0.0357. The lowest BCUT2D eigenvalue weighted by Gasteiger charge is -2.01. The summed E-state index contributed by atoms with van der Waals surface area (Å²) < 4.78 is 16.7. The molecule has 5 rings (SSSR count). The highest BCUT2D eigenvalue weighted by molar-refractivity contribution is 6.08. The van der Waals surface area contributed by atoms with Gasteiger partial charge in [-0.2, -0.15) is 10.2 Å². The number of aromatic nitrogens is 4. The van der Waals surface area contributed by atoms with Gasteiger partial charge in [0, 0.05) is 12.4 Å². The zero-order chi connectivity index (χ0) is 30.7. The van der Waals surface area contributed by atoms with Crippen molar-refractivity contribution in [2.24, 2.45) is 0 Å². The fourth-order valence-corrected chi connectivity index (χ4v) is 3.72. The van der Waals surface area contributed by atoms with Crippen molar-refractivity contribution in [3.63, 3.8) is 0 Å². The van der Waals surface area contributed by atoms with Gasteiger partial charge in [-0.05, 0) is 36.4 Å². The van der Waals surface area contributed by atoms with Crippen LogP contribution in [0, 0.1) is 0 Å². The topological polar surface area (TPSA) is 210 Å². The van der Waals surface area contributed by atoms with Crippen LogP contribution in [0.2, 0.25) is 0 Å². The number of hydrogen-bond acceptors (Lipinski definition) is 11. The third-order valence-corrected chi connectivity index (χ3v) is 5.69. The Morgan fingerprint density at radius 3 is 1.28 bits per heavy atom. The molecule has 0 saturated carbocycles. The average Bonchev–Trinajstić information content (AvgIpc) is 3.77. The van der Waals surface area contributed by atoms with E-state index in [9.17, 15) is 39.0 Å². The Morgan fingerprint density at radius 2 is 0.930 bits per heavy atom. The van der Waals surface area contributed by atoms with E-state index in [0.29, 0.717) is 11.4 Å². The molecule has 0 aliphatic heterocycles. The lowest BCUT2D eigenvalue weighted by Crippen LogP contribution is -2.16. The van der Waals surface area contributed by atoms with E-state index in [-0.39, 0.29) is 0 Å². The third kappa shape index (κ3) is 5.80. The van der Waals surface area contributed by atoms with Crippen LogP contribution in [-0.2, 0) is 9.47 Å². The van der Waals surface area contributed by atoms with Gasteiger partial charge in [-0.3, -0.25) is 0 Å². The number of ether oxygens (including phenoxy) is 2. The number of para-hydroxylation sites is 2. The van der Waals surface area contributed by atoms with Crippen LogP contribution in [0.15, 0.2) is 89.6 Å². The van der Waals surface area contributed by atoms with Crippen molar-refractivity contribution in [1.82, 2.24) is 19.6 Å². The summed E-state index contributed by atoms with van der Waals surface area (Å²) in [5.74, 6) is -9.95. The van der Waals surface area contributed by atoms with E-state index >= 15 is 0 Å². The maximum absolute atomic E-state index is 12.6. The monoisotopic (exact) mass is 584 g/mol. The molecule has 0 saturated heterocycles. The SMILES string of the molecule is O=C(OC(=O)c1cn(-c2ccccc2)nc1C(=O)O)c1ccc(C(=O)OC(=O)c2cn(-c3ccccc3)nc2C(=O)O)o1. The number of carbonyl (C=O) groups is 6. The van der Waals surface area contributed by atoms with Crippen LogP contribution in [-0.4, -0.2) is 65.6 Å². The van der Waals surface area contributed by atoms with Crippen LogP contribution in [0.3, 0.4) is 0 Å². The minimum absolute atomic E-state index is 0.432. The van der Waals surface area contributed by atoms with Crippen LogP contribution in [0.25, 0.3) is 11.4 Å². The maximum Gasteiger partial charge on any atom is 0.382 e. The van der Waals surface area contributed by atoms with E-state index in [4.69, 9.17) is 13.9 Å². The molecule has 5 aromatic rings. The number of benzene rings is 2. The second-order valence-electron chi connectivity index (χ2n) is 8.47. The van der Waals surface area contributed by atoms with Crippen molar-refractivity contribution in [3.8, 4) is 11.4 Å². The number of carbonyl (C=O) groups excluding carboxylic acids is 4. The first-order valence-corrected chi connectivity index (χ1v) is 12.0. The number of carboxylic acids is 2. The first-order valence-electron chi connectivity index (χ1n) is 12.0. The zero-order valence-corrected chi connectivity index (χ0v) is 21.4. The van der Waals surface area contributed by atoms with Gasteiger partial charge < -0.3 is 24.1 Å². The van der Waals surface area contributed by atoms with E-state index in [1.807, 2.05) is 0 Å². The Bertz CT molecular complexity index is 1770. The molecule has 2 N–H and O–H groups in total. The smallest absolute Gasteiger partial charge is 0.382 e. The predicted molar refractivity (Wildman–Crippen MR) is 139 cm³/mol. The van der Waals surface area contributed by atoms with Crippen LogP contribution in [0.5, 0.6) is 0 Å². The largest absolute Gasteiger partial charge is 0.476 e. The van der Waals surface area contributed by atoms with Crippen molar-refractivity contribution >= 4 is 35.8 Å². The highest BCUT2D eigenvalue weighted by Gasteiger charge is 2.29.